The van der Waals surface area contributed by atoms with Crippen LogP contribution in [0.3, 0.4) is 0 Å². The minimum atomic E-state index is -0.728. The van der Waals surface area contributed by atoms with Crippen molar-refractivity contribution in [2.24, 2.45) is 10.8 Å². The molecule has 0 spiro atoms. The second-order valence-electron chi connectivity index (χ2n) is 8.36. The zero-order valence-electron chi connectivity index (χ0n) is 14.5. The third-order valence-electron chi connectivity index (χ3n) is 5.29. The van der Waals surface area contributed by atoms with Gasteiger partial charge in [-0.1, -0.05) is 20.8 Å². The highest BCUT2D eigenvalue weighted by atomic mass is 16.6. The molecule has 2 aliphatic rings. The maximum atomic E-state index is 13.0. The summed E-state index contributed by atoms with van der Waals surface area (Å²) in [4.78, 5) is 35.5. The first-order chi connectivity index (χ1) is 11.5. The molecule has 134 valence electrons. The van der Waals surface area contributed by atoms with Crippen LogP contribution >= 0.6 is 0 Å². The minimum Gasteiger partial charge on any atom is -0.335 e. The van der Waals surface area contributed by atoms with E-state index in [-0.39, 0.29) is 22.4 Å². The topological polar surface area (TPSA) is 107 Å². The van der Waals surface area contributed by atoms with Crippen LogP contribution in [0.4, 0.5) is 11.4 Å². The summed E-state index contributed by atoms with van der Waals surface area (Å²) in [5.41, 5.74) is -0.850. The zero-order valence-corrected chi connectivity index (χ0v) is 14.5. The van der Waals surface area contributed by atoms with Gasteiger partial charge in [0.05, 0.1) is 15.9 Å². The number of rotatable bonds is 3. The summed E-state index contributed by atoms with van der Waals surface area (Å²) in [6.07, 6.45) is 2.75. The number of amides is 1. The predicted molar refractivity (Wildman–Crippen MR) is 90.3 cm³/mol. The molecule has 1 saturated heterocycles. The van der Waals surface area contributed by atoms with Crippen molar-refractivity contribution in [1.29, 1.82) is 0 Å². The lowest BCUT2D eigenvalue weighted by Crippen LogP contribution is -2.38. The van der Waals surface area contributed by atoms with E-state index >= 15 is 0 Å². The molecule has 0 N–H and O–H groups in total. The van der Waals surface area contributed by atoms with Crippen LogP contribution in [0, 0.1) is 31.1 Å². The molecule has 1 heterocycles. The molecule has 2 atom stereocenters. The van der Waals surface area contributed by atoms with Crippen LogP contribution in [0.25, 0.3) is 0 Å². The van der Waals surface area contributed by atoms with Gasteiger partial charge in [-0.25, -0.2) is 0 Å². The van der Waals surface area contributed by atoms with E-state index in [0.29, 0.717) is 6.54 Å². The summed E-state index contributed by atoms with van der Waals surface area (Å²) in [6, 6.07) is 3.26. The molecular formula is C17H21N3O5. The molecule has 2 fully saturated rings. The van der Waals surface area contributed by atoms with Crippen molar-refractivity contribution in [1.82, 2.24) is 4.90 Å². The fourth-order valence-electron chi connectivity index (χ4n) is 4.82. The van der Waals surface area contributed by atoms with Crippen LogP contribution in [0.5, 0.6) is 0 Å². The Morgan fingerprint density at radius 2 is 1.84 bits per heavy atom. The number of benzene rings is 1. The van der Waals surface area contributed by atoms with E-state index in [4.69, 9.17) is 0 Å². The second kappa shape index (κ2) is 5.50. The van der Waals surface area contributed by atoms with Crippen molar-refractivity contribution in [2.45, 2.75) is 46.1 Å². The number of likely N-dealkylation sites (tertiary alicyclic amines) is 1. The maximum Gasteiger partial charge on any atom is 0.289 e. The van der Waals surface area contributed by atoms with E-state index in [9.17, 15) is 25.0 Å². The average molecular weight is 347 g/mol. The SMILES string of the molecule is CC1(C)C[C@H]2C[C@@](C)(CN2C(=O)c2ccc([N+](=O)[O-])cc2[N+](=O)[O-])C1. The monoisotopic (exact) mass is 347 g/mol. The van der Waals surface area contributed by atoms with Gasteiger partial charge in [0.1, 0.15) is 5.56 Å². The number of carbonyl (C=O) groups is 1. The largest absolute Gasteiger partial charge is 0.335 e. The van der Waals surface area contributed by atoms with Gasteiger partial charge < -0.3 is 4.90 Å². The van der Waals surface area contributed by atoms with Gasteiger partial charge in [-0.2, -0.15) is 0 Å². The number of non-ortho nitro benzene ring substituents is 1. The van der Waals surface area contributed by atoms with Crippen molar-refractivity contribution in [3.63, 3.8) is 0 Å². The van der Waals surface area contributed by atoms with E-state index in [2.05, 4.69) is 20.8 Å². The summed E-state index contributed by atoms with van der Waals surface area (Å²) >= 11 is 0. The normalized spacial score (nSPS) is 27.2. The van der Waals surface area contributed by atoms with Gasteiger partial charge in [0, 0.05) is 18.7 Å². The summed E-state index contributed by atoms with van der Waals surface area (Å²) < 4.78 is 0. The number of hydrogen-bond acceptors (Lipinski definition) is 5. The van der Waals surface area contributed by atoms with Gasteiger partial charge in [-0.15, -0.1) is 0 Å². The van der Waals surface area contributed by atoms with Gasteiger partial charge >= 0.3 is 0 Å². The first kappa shape index (κ1) is 17.3. The van der Waals surface area contributed by atoms with Gasteiger partial charge in [0.15, 0.2) is 0 Å². The van der Waals surface area contributed by atoms with Gasteiger partial charge in [-0.3, -0.25) is 25.0 Å². The van der Waals surface area contributed by atoms with Crippen molar-refractivity contribution < 1.29 is 14.6 Å². The molecule has 0 radical (unpaired) electrons. The van der Waals surface area contributed by atoms with Gasteiger partial charge in [0.25, 0.3) is 17.3 Å². The molecule has 0 aromatic heterocycles. The summed E-state index contributed by atoms with van der Waals surface area (Å²) in [5, 5.41) is 22.2. The summed E-state index contributed by atoms with van der Waals surface area (Å²) in [5.74, 6) is -0.409. The standard InChI is InChI=1S/C17H21N3O5/c1-16(2)7-12-8-17(3,9-16)10-18(12)15(21)13-5-4-11(19(22)23)6-14(13)20(24)25/h4-6,12H,7-10H2,1-3H3/t12-,17+/m0/s1. The molecule has 1 aliphatic heterocycles. The first-order valence-electron chi connectivity index (χ1n) is 8.25. The maximum absolute atomic E-state index is 13.0. The second-order valence-corrected chi connectivity index (χ2v) is 8.36. The fourth-order valence-corrected chi connectivity index (χ4v) is 4.82. The van der Waals surface area contributed by atoms with E-state index in [1.54, 1.807) is 4.90 Å². The third-order valence-corrected chi connectivity index (χ3v) is 5.29. The van der Waals surface area contributed by atoms with Gasteiger partial charge in [0.2, 0.25) is 0 Å². The lowest BCUT2D eigenvalue weighted by atomic mass is 9.65. The minimum absolute atomic E-state index is 0.0115. The van der Waals surface area contributed by atoms with Crippen LogP contribution in [-0.4, -0.2) is 33.2 Å². The Bertz CT molecular complexity index is 776. The van der Waals surface area contributed by atoms with Crippen LogP contribution in [0.2, 0.25) is 0 Å². The van der Waals surface area contributed by atoms with Crippen molar-refractivity contribution >= 4 is 17.3 Å². The van der Waals surface area contributed by atoms with E-state index in [1.807, 2.05) is 0 Å². The molecule has 1 aliphatic carbocycles. The van der Waals surface area contributed by atoms with Crippen LogP contribution in [0.1, 0.15) is 50.4 Å². The third kappa shape index (κ3) is 3.08. The first-order valence-corrected chi connectivity index (χ1v) is 8.25. The Balaban J connectivity index is 1.97. The molecule has 3 rings (SSSR count). The highest BCUT2D eigenvalue weighted by molar-refractivity contribution is 5.99. The number of nitro groups is 2. The van der Waals surface area contributed by atoms with Crippen molar-refractivity contribution in [3.8, 4) is 0 Å². The Morgan fingerprint density at radius 3 is 2.44 bits per heavy atom. The lowest BCUT2D eigenvalue weighted by Gasteiger charge is -2.39. The molecule has 0 unspecified atom stereocenters. The molecule has 25 heavy (non-hydrogen) atoms. The zero-order chi connectivity index (χ0) is 18.6. The molecule has 8 heteroatoms. The highest BCUT2D eigenvalue weighted by Crippen LogP contribution is 2.52. The summed E-state index contributed by atoms with van der Waals surface area (Å²) in [6.45, 7) is 7.08. The molecule has 1 amide bonds. The Labute approximate surface area is 145 Å². The molecule has 1 aromatic rings. The van der Waals surface area contributed by atoms with Crippen molar-refractivity contribution in [3.05, 3.63) is 44.0 Å². The van der Waals surface area contributed by atoms with Crippen LogP contribution in [-0.2, 0) is 0 Å². The lowest BCUT2D eigenvalue weighted by molar-refractivity contribution is -0.394. The number of nitro benzene ring substituents is 2. The van der Waals surface area contributed by atoms with E-state index < -0.39 is 27.1 Å². The Hall–Kier alpha value is -2.51. The molecule has 1 aromatic carbocycles. The van der Waals surface area contributed by atoms with Crippen molar-refractivity contribution in [2.75, 3.05) is 6.54 Å². The summed E-state index contributed by atoms with van der Waals surface area (Å²) in [7, 11) is 0. The Kier molecular flexibility index (Phi) is 3.81. The van der Waals surface area contributed by atoms with Crippen LogP contribution in [0.15, 0.2) is 18.2 Å². The molecule has 8 nitrogen and oxygen atoms in total. The van der Waals surface area contributed by atoms with E-state index in [1.165, 1.54) is 6.07 Å². The van der Waals surface area contributed by atoms with E-state index in [0.717, 1.165) is 31.4 Å². The quantitative estimate of drug-likeness (QED) is 0.614. The number of carbonyl (C=O) groups excluding carboxylic acids is 1. The molecule has 1 saturated carbocycles. The molecular weight excluding hydrogens is 326 g/mol. The smallest absolute Gasteiger partial charge is 0.289 e. The van der Waals surface area contributed by atoms with Crippen LogP contribution < -0.4 is 0 Å². The average Bonchev–Trinajstić information content (AvgIpc) is 2.74. The highest BCUT2D eigenvalue weighted by Gasteiger charge is 2.51. The predicted octanol–water partition coefficient (Wildman–Crippen LogP) is 3.54. The number of hydrogen-bond donors (Lipinski definition) is 0. The fraction of sp³-hybridized carbons (Fsp3) is 0.588. The number of nitrogens with zero attached hydrogens (tertiary/aromatic N) is 3. The Morgan fingerprint density at radius 1 is 1.16 bits per heavy atom. The number of fused-ring (bicyclic) bond motifs is 2. The molecule has 2 bridgehead atoms. The van der Waals surface area contributed by atoms with Gasteiger partial charge in [-0.05, 0) is 36.2 Å².